The second kappa shape index (κ2) is 7.56. The van der Waals surface area contributed by atoms with Crippen molar-refractivity contribution < 1.29 is 9.47 Å². The molecule has 0 unspecified atom stereocenters. The standard InChI is InChI=1S/C23H21N3O2/c1-16-14-18(6-10-22(16)27-2)21-12-13-25-26(21)20-8-4-17(5-9-20)19-7-11-23(28-3)24-15-19/h4-15H,1-3H3. The van der Waals surface area contributed by atoms with Crippen molar-refractivity contribution in [3.63, 3.8) is 0 Å². The van der Waals surface area contributed by atoms with Crippen LogP contribution >= 0.6 is 0 Å². The highest BCUT2D eigenvalue weighted by molar-refractivity contribution is 5.67. The Balaban J connectivity index is 1.65. The van der Waals surface area contributed by atoms with E-state index in [1.807, 2.05) is 48.3 Å². The summed E-state index contributed by atoms with van der Waals surface area (Å²) >= 11 is 0. The lowest BCUT2D eigenvalue weighted by atomic mass is 10.1. The lowest BCUT2D eigenvalue weighted by molar-refractivity contribution is 0.398. The van der Waals surface area contributed by atoms with Gasteiger partial charge in [0.25, 0.3) is 0 Å². The first-order valence-corrected chi connectivity index (χ1v) is 8.99. The van der Waals surface area contributed by atoms with Crippen LogP contribution in [0.15, 0.2) is 73.1 Å². The Kier molecular flexibility index (Phi) is 4.81. The first-order chi connectivity index (χ1) is 13.7. The van der Waals surface area contributed by atoms with E-state index < -0.39 is 0 Å². The van der Waals surface area contributed by atoms with Crippen LogP contribution in [-0.4, -0.2) is 29.0 Å². The Morgan fingerprint density at radius 3 is 2.18 bits per heavy atom. The minimum atomic E-state index is 0.608. The number of aryl methyl sites for hydroxylation is 1. The summed E-state index contributed by atoms with van der Waals surface area (Å²) in [4.78, 5) is 4.27. The van der Waals surface area contributed by atoms with Crippen molar-refractivity contribution in [3.8, 4) is 39.7 Å². The number of nitrogens with zero attached hydrogens (tertiary/aromatic N) is 3. The second-order valence-corrected chi connectivity index (χ2v) is 6.45. The molecule has 0 fully saturated rings. The van der Waals surface area contributed by atoms with Gasteiger partial charge in [0.1, 0.15) is 5.75 Å². The van der Waals surface area contributed by atoms with Crippen LogP contribution in [0.25, 0.3) is 28.1 Å². The van der Waals surface area contributed by atoms with Crippen molar-refractivity contribution in [3.05, 3.63) is 78.6 Å². The highest BCUT2D eigenvalue weighted by Gasteiger charge is 2.10. The van der Waals surface area contributed by atoms with Gasteiger partial charge in [-0.25, -0.2) is 9.67 Å². The van der Waals surface area contributed by atoms with E-state index >= 15 is 0 Å². The molecule has 4 aromatic rings. The minimum Gasteiger partial charge on any atom is -0.496 e. The summed E-state index contributed by atoms with van der Waals surface area (Å²) in [6, 6.07) is 20.3. The number of aromatic nitrogens is 3. The highest BCUT2D eigenvalue weighted by Crippen LogP contribution is 2.28. The first-order valence-electron chi connectivity index (χ1n) is 8.99. The molecular weight excluding hydrogens is 350 g/mol. The van der Waals surface area contributed by atoms with Crippen LogP contribution in [0.4, 0.5) is 0 Å². The molecule has 4 rings (SSSR count). The average Bonchev–Trinajstić information content (AvgIpc) is 3.24. The van der Waals surface area contributed by atoms with E-state index in [-0.39, 0.29) is 0 Å². The predicted molar refractivity (Wildman–Crippen MR) is 110 cm³/mol. The van der Waals surface area contributed by atoms with Crippen molar-refractivity contribution in [1.82, 2.24) is 14.8 Å². The summed E-state index contributed by atoms with van der Waals surface area (Å²) in [5.74, 6) is 1.49. The molecule has 0 spiro atoms. The summed E-state index contributed by atoms with van der Waals surface area (Å²) in [7, 11) is 3.30. The number of hydrogen-bond donors (Lipinski definition) is 0. The van der Waals surface area contributed by atoms with Crippen molar-refractivity contribution in [2.24, 2.45) is 0 Å². The van der Waals surface area contributed by atoms with E-state index in [1.54, 1.807) is 14.2 Å². The fraction of sp³-hybridized carbons (Fsp3) is 0.130. The molecule has 2 heterocycles. The Bertz CT molecular complexity index is 1080. The van der Waals surface area contributed by atoms with Crippen LogP contribution in [0.3, 0.4) is 0 Å². The molecule has 5 heteroatoms. The van der Waals surface area contributed by atoms with Crippen LogP contribution in [0.2, 0.25) is 0 Å². The Morgan fingerprint density at radius 2 is 1.54 bits per heavy atom. The molecule has 0 aliphatic heterocycles. The zero-order chi connectivity index (χ0) is 19.5. The molecule has 2 aromatic heterocycles. The lowest BCUT2D eigenvalue weighted by Crippen LogP contribution is -1.99. The summed E-state index contributed by atoms with van der Waals surface area (Å²) in [5.41, 5.74) is 6.35. The van der Waals surface area contributed by atoms with Crippen molar-refractivity contribution in [1.29, 1.82) is 0 Å². The van der Waals surface area contributed by atoms with Gasteiger partial charge in [0.15, 0.2) is 0 Å². The maximum absolute atomic E-state index is 5.37. The van der Waals surface area contributed by atoms with Gasteiger partial charge in [-0.15, -0.1) is 0 Å². The van der Waals surface area contributed by atoms with E-state index in [0.717, 1.165) is 39.4 Å². The third-order valence-corrected chi connectivity index (χ3v) is 4.72. The Hall–Kier alpha value is -3.60. The van der Waals surface area contributed by atoms with Gasteiger partial charge in [-0.1, -0.05) is 12.1 Å². The summed E-state index contributed by atoms with van der Waals surface area (Å²) < 4.78 is 12.4. The number of benzene rings is 2. The molecule has 0 aliphatic carbocycles. The van der Waals surface area contributed by atoms with Crippen molar-refractivity contribution in [2.75, 3.05) is 14.2 Å². The molecular formula is C23H21N3O2. The Morgan fingerprint density at radius 1 is 0.786 bits per heavy atom. The SMILES string of the molecule is COc1ccc(-c2ccc(-n3nccc3-c3ccc(OC)c(C)c3)cc2)cn1. The highest BCUT2D eigenvalue weighted by atomic mass is 16.5. The van der Waals surface area contributed by atoms with Gasteiger partial charge >= 0.3 is 0 Å². The van der Waals surface area contributed by atoms with Gasteiger partial charge in [-0.2, -0.15) is 5.10 Å². The monoisotopic (exact) mass is 371 g/mol. The van der Waals surface area contributed by atoms with E-state index in [9.17, 15) is 0 Å². The molecule has 28 heavy (non-hydrogen) atoms. The van der Waals surface area contributed by atoms with Gasteiger partial charge in [-0.3, -0.25) is 0 Å². The number of hydrogen-bond acceptors (Lipinski definition) is 4. The maximum Gasteiger partial charge on any atom is 0.212 e. The minimum absolute atomic E-state index is 0.608. The fourth-order valence-electron chi connectivity index (χ4n) is 3.23. The first kappa shape index (κ1) is 17.8. The molecule has 5 nitrogen and oxygen atoms in total. The molecule has 0 saturated heterocycles. The van der Waals surface area contributed by atoms with Gasteiger partial charge in [0.05, 0.1) is 31.8 Å². The third-order valence-electron chi connectivity index (χ3n) is 4.72. The second-order valence-electron chi connectivity index (χ2n) is 6.45. The number of methoxy groups -OCH3 is 2. The van der Waals surface area contributed by atoms with Gasteiger partial charge < -0.3 is 9.47 Å². The molecule has 0 saturated carbocycles. The zero-order valence-electron chi connectivity index (χ0n) is 16.1. The molecule has 0 N–H and O–H groups in total. The lowest BCUT2D eigenvalue weighted by Gasteiger charge is -2.11. The topological polar surface area (TPSA) is 49.2 Å². The molecule has 140 valence electrons. The predicted octanol–water partition coefficient (Wildman–Crippen LogP) is 4.93. The van der Waals surface area contributed by atoms with Gasteiger partial charge in [0, 0.05) is 23.4 Å². The number of pyridine rings is 1. The quantitative estimate of drug-likeness (QED) is 0.499. The van der Waals surface area contributed by atoms with E-state index in [0.29, 0.717) is 5.88 Å². The normalized spacial score (nSPS) is 10.7. The summed E-state index contributed by atoms with van der Waals surface area (Å²) in [6.45, 7) is 2.04. The molecule has 0 radical (unpaired) electrons. The number of ether oxygens (including phenoxy) is 2. The largest absolute Gasteiger partial charge is 0.496 e. The van der Waals surface area contributed by atoms with Crippen LogP contribution in [0, 0.1) is 6.92 Å². The maximum atomic E-state index is 5.37. The van der Waals surface area contributed by atoms with Crippen LogP contribution < -0.4 is 9.47 Å². The Labute approximate surface area is 164 Å². The fourth-order valence-corrected chi connectivity index (χ4v) is 3.23. The van der Waals surface area contributed by atoms with Crippen molar-refractivity contribution >= 4 is 0 Å². The average molecular weight is 371 g/mol. The number of rotatable bonds is 5. The summed E-state index contributed by atoms with van der Waals surface area (Å²) in [5, 5.41) is 4.52. The zero-order valence-corrected chi connectivity index (χ0v) is 16.1. The molecule has 2 aromatic carbocycles. The van der Waals surface area contributed by atoms with Gasteiger partial charge in [0.2, 0.25) is 5.88 Å². The molecule has 0 atom stereocenters. The van der Waals surface area contributed by atoms with E-state index in [1.165, 1.54) is 0 Å². The molecule has 0 aliphatic rings. The summed E-state index contributed by atoms with van der Waals surface area (Å²) in [6.07, 6.45) is 3.63. The molecule has 0 bridgehead atoms. The van der Waals surface area contributed by atoms with Crippen LogP contribution in [0.5, 0.6) is 11.6 Å². The van der Waals surface area contributed by atoms with E-state index in [4.69, 9.17) is 9.47 Å². The van der Waals surface area contributed by atoms with Crippen molar-refractivity contribution in [2.45, 2.75) is 6.92 Å². The van der Waals surface area contributed by atoms with Gasteiger partial charge in [-0.05, 0) is 60.5 Å². The van der Waals surface area contributed by atoms with Crippen LogP contribution in [-0.2, 0) is 0 Å². The van der Waals surface area contributed by atoms with Crippen LogP contribution in [0.1, 0.15) is 5.56 Å². The molecule has 0 amide bonds. The smallest absolute Gasteiger partial charge is 0.212 e. The van der Waals surface area contributed by atoms with E-state index in [2.05, 4.69) is 46.5 Å². The third kappa shape index (κ3) is 3.34.